The van der Waals surface area contributed by atoms with Gasteiger partial charge in [0, 0.05) is 50.5 Å². The number of carbonyl (C=O) groups is 1. The van der Waals surface area contributed by atoms with Crippen LogP contribution in [-0.4, -0.2) is 63.4 Å². The normalized spacial score (nSPS) is 19.2. The molecule has 1 atom stereocenters. The van der Waals surface area contributed by atoms with Crippen molar-refractivity contribution < 1.29 is 13.2 Å². The molecule has 32 heavy (non-hydrogen) atoms. The molecule has 2 aromatic carbocycles. The van der Waals surface area contributed by atoms with Gasteiger partial charge in [-0.2, -0.15) is 0 Å². The summed E-state index contributed by atoms with van der Waals surface area (Å²) in [5.41, 5.74) is 2.88. The summed E-state index contributed by atoms with van der Waals surface area (Å²) < 4.78 is 26.0. The van der Waals surface area contributed by atoms with E-state index < -0.39 is 10.0 Å². The molecule has 1 fully saturated rings. The molecule has 0 spiro atoms. The number of nitrogens with one attached hydrogen (secondary N) is 1. The van der Waals surface area contributed by atoms with Crippen molar-refractivity contribution in [3.05, 3.63) is 58.6 Å². The molecule has 0 bridgehead atoms. The van der Waals surface area contributed by atoms with Gasteiger partial charge in [0.05, 0.1) is 4.90 Å². The molecular formula is C23H29ClN4O3S. The monoisotopic (exact) mass is 476 g/mol. The number of sulfonamides is 1. The van der Waals surface area contributed by atoms with Gasteiger partial charge < -0.3 is 5.32 Å². The highest BCUT2D eigenvalue weighted by Gasteiger charge is 2.29. The number of likely N-dealkylation sites (tertiary alicyclic amines) is 1. The number of hydrogen-bond acceptors (Lipinski definition) is 4. The van der Waals surface area contributed by atoms with E-state index in [-0.39, 0.29) is 17.0 Å². The second kappa shape index (κ2) is 9.39. The lowest BCUT2D eigenvalue weighted by Crippen LogP contribution is -2.51. The highest BCUT2D eigenvalue weighted by Crippen LogP contribution is 2.31. The summed E-state index contributed by atoms with van der Waals surface area (Å²) in [6.07, 6.45) is 2.62. The Morgan fingerprint density at radius 2 is 1.91 bits per heavy atom. The summed E-state index contributed by atoms with van der Waals surface area (Å²) in [5, 5.41) is 3.92. The Labute approximate surface area is 195 Å². The molecule has 9 heteroatoms. The van der Waals surface area contributed by atoms with E-state index >= 15 is 0 Å². The quantitative estimate of drug-likeness (QED) is 0.718. The predicted molar refractivity (Wildman–Crippen MR) is 127 cm³/mol. The molecule has 2 aromatic rings. The molecule has 7 nitrogen and oxygen atoms in total. The number of fused-ring (bicyclic) bond motifs is 1. The van der Waals surface area contributed by atoms with Crippen LogP contribution < -0.4 is 10.2 Å². The van der Waals surface area contributed by atoms with Gasteiger partial charge in [-0.1, -0.05) is 23.7 Å². The minimum Gasteiger partial charge on any atom is -0.334 e. The number of anilines is 1. The fourth-order valence-electron chi connectivity index (χ4n) is 4.38. The van der Waals surface area contributed by atoms with Crippen LogP contribution in [0.5, 0.6) is 0 Å². The second-order valence-electron chi connectivity index (χ2n) is 8.63. The minimum atomic E-state index is -3.49. The molecule has 2 aliphatic heterocycles. The van der Waals surface area contributed by atoms with Crippen molar-refractivity contribution in [2.24, 2.45) is 0 Å². The molecule has 0 radical (unpaired) electrons. The van der Waals surface area contributed by atoms with Gasteiger partial charge in [0.2, 0.25) is 10.0 Å². The van der Waals surface area contributed by atoms with E-state index in [9.17, 15) is 13.2 Å². The van der Waals surface area contributed by atoms with Crippen LogP contribution >= 0.6 is 11.6 Å². The Morgan fingerprint density at radius 1 is 1.16 bits per heavy atom. The molecule has 4 rings (SSSR count). The lowest BCUT2D eigenvalue weighted by molar-refractivity contribution is 0.182. The van der Waals surface area contributed by atoms with Crippen molar-refractivity contribution in [3.63, 3.8) is 0 Å². The van der Waals surface area contributed by atoms with Gasteiger partial charge in [0.15, 0.2) is 0 Å². The number of rotatable bonds is 5. The third-order valence-electron chi connectivity index (χ3n) is 6.12. The molecule has 0 saturated carbocycles. The number of piperidine rings is 1. The number of carbonyl (C=O) groups excluding carboxylic acids is 1. The summed E-state index contributed by atoms with van der Waals surface area (Å²) in [6, 6.07) is 12.9. The highest BCUT2D eigenvalue weighted by molar-refractivity contribution is 7.89. The number of urea groups is 1. The minimum absolute atomic E-state index is 0.0843. The number of amides is 2. The van der Waals surface area contributed by atoms with Crippen LogP contribution in [0.3, 0.4) is 0 Å². The van der Waals surface area contributed by atoms with Gasteiger partial charge in [0.1, 0.15) is 0 Å². The third-order valence-corrected chi connectivity index (χ3v) is 8.19. The summed E-state index contributed by atoms with van der Waals surface area (Å²) in [7, 11) is -0.459. The van der Waals surface area contributed by atoms with Gasteiger partial charge in [-0.3, -0.25) is 9.80 Å². The maximum Gasteiger partial charge on any atom is 0.322 e. The molecule has 1 N–H and O–H groups in total. The fourth-order valence-corrected chi connectivity index (χ4v) is 5.46. The van der Waals surface area contributed by atoms with Gasteiger partial charge in [-0.05, 0) is 67.3 Å². The van der Waals surface area contributed by atoms with Crippen molar-refractivity contribution >= 4 is 33.3 Å². The maximum atomic E-state index is 13.0. The van der Waals surface area contributed by atoms with E-state index in [1.807, 2.05) is 24.3 Å². The van der Waals surface area contributed by atoms with Crippen molar-refractivity contribution in [1.82, 2.24) is 14.5 Å². The van der Waals surface area contributed by atoms with Gasteiger partial charge in [0.25, 0.3) is 0 Å². The summed E-state index contributed by atoms with van der Waals surface area (Å²) in [4.78, 5) is 17.4. The molecule has 2 aliphatic rings. The average molecular weight is 477 g/mol. The van der Waals surface area contributed by atoms with Crippen LogP contribution in [-0.2, 0) is 23.0 Å². The molecular weight excluding hydrogens is 448 g/mol. The molecule has 2 heterocycles. The second-order valence-corrected chi connectivity index (χ2v) is 11.2. The van der Waals surface area contributed by atoms with Crippen molar-refractivity contribution in [2.45, 2.75) is 36.7 Å². The molecule has 0 aliphatic carbocycles. The summed E-state index contributed by atoms with van der Waals surface area (Å²) in [5.74, 6) is 0. The van der Waals surface area contributed by atoms with Crippen molar-refractivity contribution in [2.75, 3.05) is 38.6 Å². The number of nitrogens with zero attached hydrogens (tertiary/aromatic N) is 3. The number of hydrogen-bond donors (Lipinski definition) is 1. The Bertz CT molecular complexity index is 1090. The van der Waals surface area contributed by atoms with Gasteiger partial charge in [-0.25, -0.2) is 17.5 Å². The van der Waals surface area contributed by atoms with E-state index in [1.165, 1.54) is 24.0 Å². The van der Waals surface area contributed by atoms with E-state index in [1.54, 1.807) is 23.1 Å². The summed E-state index contributed by atoms with van der Waals surface area (Å²) in [6.45, 7) is 3.19. The van der Waals surface area contributed by atoms with Gasteiger partial charge >= 0.3 is 6.03 Å². The Morgan fingerprint density at radius 3 is 2.62 bits per heavy atom. The Balaban J connectivity index is 1.39. The molecule has 0 aromatic heterocycles. The molecule has 2 amide bonds. The zero-order chi connectivity index (χ0) is 22.9. The first kappa shape index (κ1) is 23.0. The van der Waals surface area contributed by atoms with Crippen LogP contribution in [0.4, 0.5) is 10.5 Å². The van der Waals surface area contributed by atoms with Gasteiger partial charge in [-0.15, -0.1) is 0 Å². The first-order valence-electron chi connectivity index (χ1n) is 10.8. The number of benzene rings is 2. The van der Waals surface area contributed by atoms with E-state index in [2.05, 4.69) is 10.2 Å². The van der Waals surface area contributed by atoms with E-state index in [0.717, 1.165) is 48.7 Å². The van der Waals surface area contributed by atoms with Crippen LogP contribution in [0, 0.1) is 0 Å². The first-order valence-corrected chi connectivity index (χ1v) is 12.7. The molecule has 1 saturated heterocycles. The molecule has 1 unspecified atom stereocenters. The largest absolute Gasteiger partial charge is 0.334 e. The highest BCUT2D eigenvalue weighted by atomic mass is 35.5. The first-order chi connectivity index (χ1) is 15.2. The zero-order valence-corrected chi connectivity index (χ0v) is 20.0. The lowest BCUT2D eigenvalue weighted by Gasteiger charge is -2.34. The van der Waals surface area contributed by atoms with Crippen molar-refractivity contribution in [3.8, 4) is 0 Å². The standard InChI is InChI=1S/C23H29ClN4O3S/c1-26(2)32(30,31)21-9-10-22-18(14-21)11-13-28(22)23(29)25-20-4-3-12-27(16-20)15-17-5-7-19(24)8-6-17/h5-10,14,20H,3-4,11-13,15-16H2,1-2H3,(H,25,29). The zero-order valence-electron chi connectivity index (χ0n) is 18.4. The van der Waals surface area contributed by atoms with Crippen LogP contribution in [0.15, 0.2) is 47.4 Å². The average Bonchev–Trinajstić information content (AvgIpc) is 3.19. The molecule has 172 valence electrons. The fraction of sp³-hybridized carbons (Fsp3) is 0.435. The van der Waals surface area contributed by atoms with Crippen LogP contribution in [0.25, 0.3) is 0 Å². The van der Waals surface area contributed by atoms with Crippen LogP contribution in [0.2, 0.25) is 5.02 Å². The maximum absolute atomic E-state index is 13.0. The smallest absolute Gasteiger partial charge is 0.322 e. The lowest BCUT2D eigenvalue weighted by atomic mass is 10.0. The summed E-state index contributed by atoms with van der Waals surface area (Å²) >= 11 is 5.98. The van der Waals surface area contributed by atoms with Crippen LogP contribution in [0.1, 0.15) is 24.0 Å². The van der Waals surface area contributed by atoms with E-state index in [0.29, 0.717) is 13.0 Å². The predicted octanol–water partition coefficient (Wildman–Crippen LogP) is 3.33. The van der Waals surface area contributed by atoms with E-state index in [4.69, 9.17) is 11.6 Å². The third kappa shape index (κ3) is 4.93. The number of halogens is 1. The topological polar surface area (TPSA) is 73.0 Å². The van der Waals surface area contributed by atoms with Crippen molar-refractivity contribution in [1.29, 1.82) is 0 Å². The Kier molecular flexibility index (Phi) is 6.76. The SMILES string of the molecule is CN(C)S(=O)(=O)c1ccc2c(c1)CCN2C(=O)NC1CCCN(Cc2ccc(Cl)cc2)C1. The Hall–Kier alpha value is -2.13.